The maximum Gasteiger partial charge on any atom is 0.211 e. The molecule has 0 aromatic rings. The molecular formula is C9H21N3O3S. The minimum absolute atomic E-state index is 0.0600. The molecule has 0 bridgehead atoms. The quantitative estimate of drug-likeness (QED) is 0.600. The number of nitrogens with zero attached hydrogens (tertiary/aromatic N) is 2. The zero-order valence-corrected chi connectivity index (χ0v) is 10.7. The Bertz CT molecular complexity index is 295. The molecule has 1 fully saturated rings. The zero-order valence-electron chi connectivity index (χ0n) is 9.89. The number of nitrogens with one attached hydrogen (secondary N) is 1. The van der Waals surface area contributed by atoms with Crippen LogP contribution < -0.4 is 5.32 Å². The van der Waals surface area contributed by atoms with E-state index in [9.17, 15) is 8.42 Å². The number of hydrogen-bond donors (Lipinski definition) is 2. The average Bonchev–Trinajstić information content (AvgIpc) is 2.25. The molecule has 0 spiro atoms. The molecule has 7 heteroatoms. The summed E-state index contributed by atoms with van der Waals surface area (Å²) < 4.78 is 24.1. The van der Waals surface area contributed by atoms with E-state index in [0.29, 0.717) is 13.1 Å². The number of sulfonamides is 1. The predicted molar refractivity (Wildman–Crippen MR) is 62.8 cm³/mol. The number of aliphatic hydroxyl groups is 1. The maximum atomic E-state index is 11.3. The molecule has 1 aliphatic rings. The molecule has 0 aromatic carbocycles. The lowest BCUT2D eigenvalue weighted by Gasteiger charge is -2.34. The topological polar surface area (TPSA) is 72.9 Å². The molecule has 1 heterocycles. The third-order valence-electron chi connectivity index (χ3n) is 2.91. The lowest BCUT2D eigenvalue weighted by molar-refractivity contribution is 0.148. The first-order valence-electron chi connectivity index (χ1n) is 5.43. The number of piperazine rings is 1. The van der Waals surface area contributed by atoms with Crippen LogP contribution in [0.1, 0.15) is 0 Å². The second-order valence-electron chi connectivity index (χ2n) is 4.13. The van der Waals surface area contributed by atoms with Crippen molar-refractivity contribution in [1.82, 2.24) is 14.5 Å². The Kier molecular flexibility index (Phi) is 5.13. The van der Waals surface area contributed by atoms with Crippen LogP contribution >= 0.6 is 0 Å². The summed E-state index contributed by atoms with van der Waals surface area (Å²) in [7, 11) is -1.23. The van der Waals surface area contributed by atoms with E-state index in [0.717, 1.165) is 19.6 Å². The first kappa shape index (κ1) is 13.9. The first-order valence-corrected chi connectivity index (χ1v) is 7.28. The summed E-state index contributed by atoms with van der Waals surface area (Å²) in [6.07, 6.45) is 1.24. The van der Waals surface area contributed by atoms with E-state index in [1.807, 2.05) is 7.05 Å². The van der Waals surface area contributed by atoms with Gasteiger partial charge in [-0.3, -0.25) is 4.90 Å². The number of likely N-dealkylation sites (N-methyl/N-ethyl adjacent to an activating group) is 1. The molecule has 0 radical (unpaired) electrons. The van der Waals surface area contributed by atoms with Crippen molar-refractivity contribution in [2.75, 3.05) is 52.6 Å². The fourth-order valence-corrected chi connectivity index (χ4v) is 2.62. The van der Waals surface area contributed by atoms with Gasteiger partial charge >= 0.3 is 0 Å². The molecule has 2 N–H and O–H groups in total. The standard InChI is InChI=1S/C9H21N3O3S/c1-10-9(8-13)7-11-3-5-12(6-4-11)16(2,14)15/h9-10,13H,3-8H2,1-2H3. The van der Waals surface area contributed by atoms with Gasteiger partial charge in [-0.25, -0.2) is 8.42 Å². The molecule has 1 atom stereocenters. The summed E-state index contributed by atoms with van der Waals surface area (Å²) in [5.74, 6) is 0. The molecular weight excluding hydrogens is 230 g/mol. The van der Waals surface area contributed by atoms with E-state index in [-0.39, 0.29) is 12.6 Å². The zero-order chi connectivity index (χ0) is 12.2. The highest BCUT2D eigenvalue weighted by molar-refractivity contribution is 7.88. The molecule has 0 aromatic heterocycles. The summed E-state index contributed by atoms with van der Waals surface area (Å²) in [6, 6.07) is 0.0600. The van der Waals surface area contributed by atoms with Crippen molar-refractivity contribution in [2.45, 2.75) is 6.04 Å². The summed E-state index contributed by atoms with van der Waals surface area (Å²) in [6.45, 7) is 3.39. The van der Waals surface area contributed by atoms with E-state index in [4.69, 9.17) is 5.11 Å². The van der Waals surface area contributed by atoms with Gasteiger partial charge in [-0.1, -0.05) is 0 Å². The first-order chi connectivity index (χ1) is 7.47. The summed E-state index contributed by atoms with van der Waals surface area (Å²) in [4.78, 5) is 2.17. The largest absolute Gasteiger partial charge is 0.395 e. The normalized spacial score (nSPS) is 22.2. The molecule has 1 unspecified atom stereocenters. The summed E-state index contributed by atoms with van der Waals surface area (Å²) >= 11 is 0. The Morgan fingerprint density at radius 2 is 1.88 bits per heavy atom. The van der Waals surface area contributed by atoms with Gasteiger partial charge in [0.25, 0.3) is 0 Å². The molecule has 6 nitrogen and oxygen atoms in total. The van der Waals surface area contributed by atoms with E-state index >= 15 is 0 Å². The minimum atomic E-state index is -3.05. The van der Waals surface area contributed by atoms with Crippen molar-refractivity contribution < 1.29 is 13.5 Å². The Hall–Kier alpha value is -0.210. The highest BCUT2D eigenvalue weighted by atomic mass is 32.2. The van der Waals surface area contributed by atoms with Crippen molar-refractivity contribution in [3.05, 3.63) is 0 Å². The molecule has 16 heavy (non-hydrogen) atoms. The third kappa shape index (κ3) is 3.99. The molecule has 0 amide bonds. The second-order valence-corrected chi connectivity index (χ2v) is 6.11. The summed E-state index contributed by atoms with van der Waals surface area (Å²) in [5.41, 5.74) is 0. The van der Waals surface area contributed by atoms with E-state index in [2.05, 4.69) is 10.2 Å². The molecule has 1 saturated heterocycles. The van der Waals surface area contributed by atoms with Crippen molar-refractivity contribution >= 4 is 10.0 Å². The molecule has 1 aliphatic heterocycles. The van der Waals surface area contributed by atoms with Crippen LogP contribution in [0.25, 0.3) is 0 Å². The van der Waals surface area contributed by atoms with Crippen LogP contribution in [0.4, 0.5) is 0 Å². The Balaban J connectivity index is 2.38. The van der Waals surface area contributed by atoms with Crippen molar-refractivity contribution in [3.63, 3.8) is 0 Å². The van der Waals surface area contributed by atoms with Gasteiger partial charge in [0.1, 0.15) is 0 Å². The predicted octanol–water partition coefficient (Wildman–Crippen LogP) is -1.86. The van der Waals surface area contributed by atoms with Crippen LogP contribution in [0.3, 0.4) is 0 Å². The van der Waals surface area contributed by atoms with Gasteiger partial charge < -0.3 is 10.4 Å². The van der Waals surface area contributed by atoms with Crippen molar-refractivity contribution in [1.29, 1.82) is 0 Å². The van der Waals surface area contributed by atoms with Crippen molar-refractivity contribution in [2.24, 2.45) is 0 Å². The molecule has 0 saturated carbocycles. The van der Waals surface area contributed by atoms with E-state index in [1.54, 1.807) is 0 Å². The average molecular weight is 251 g/mol. The molecule has 1 rings (SSSR count). The summed E-state index contributed by atoms with van der Waals surface area (Å²) in [5, 5.41) is 12.1. The highest BCUT2D eigenvalue weighted by Gasteiger charge is 2.24. The van der Waals surface area contributed by atoms with Crippen molar-refractivity contribution in [3.8, 4) is 0 Å². The highest BCUT2D eigenvalue weighted by Crippen LogP contribution is 2.06. The molecule has 96 valence electrons. The maximum absolute atomic E-state index is 11.3. The lowest BCUT2D eigenvalue weighted by atomic mass is 10.2. The van der Waals surface area contributed by atoms with Gasteiger partial charge in [-0.05, 0) is 7.05 Å². The third-order valence-corrected chi connectivity index (χ3v) is 4.21. The number of aliphatic hydroxyl groups excluding tert-OH is 1. The number of hydrogen-bond acceptors (Lipinski definition) is 5. The van der Waals surface area contributed by atoms with E-state index < -0.39 is 10.0 Å². The van der Waals surface area contributed by atoms with Gasteiger partial charge in [0.05, 0.1) is 12.9 Å². The van der Waals surface area contributed by atoms with Gasteiger partial charge in [0, 0.05) is 38.8 Å². The fraction of sp³-hybridized carbons (Fsp3) is 1.00. The van der Waals surface area contributed by atoms with Crippen LogP contribution in [0, 0.1) is 0 Å². The van der Waals surface area contributed by atoms with Crippen LogP contribution in [0.5, 0.6) is 0 Å². The number of rotatable bonds is 5. The Morgan fingerprint density at radius 1 is 1.31 bits per heavy atom. The van der Waals surface area contributed by atoms with Crippen LogP contribution in [-0.2, 0) is 10.0 Å². The van der Waals surface area contributed by atoms with Crippen LogP contribution in [-0.4, -0.2) is 81.4 Å². The van der Waals surface area contributed by atoms with Gasteiger partial charge in [0.15, 0.2) is 0 Å². The van der Waals surface area contributed by atoms with Gasteiger partial charge in [0.2, 0.25) is 10.0 Å². The van der Waals surface area contributed by atoms with Crippen LogP contribution in [0.15, 0.2) is 0 Å². The lowest BCUT2D eigenvalue weighted by Crippen LogP contribution is -2.52. The van der Waals surface area contributed by atoms with E-state index in [1.165, 1.54) is 10.6 Å². The Morgan fingerprint density at radius 3 is 2.25 bits per heavy atom. The van der Waals surface area contributed by atoms with Gasteiger partial charge in [-0.2, -0.15) is 4.31 Å². The van der Waals surface area contributed by atoms with Crippen LogP contribution in [0.2, 0.25) is 0 Å². The minimum Gasteiger partial charge on any atom is -0.395 e. The fourth-order valence-electron chi connectivity index (χ4n) is 1.80. The Labute approximate surface area is 97.3 Å². The molecule has 0 aliphatic carbocycles. The monoisotopic (exact) mass is 251 g/mol. The van der Waals surface area contributed by atoms with Gasteiger partial charge in [-0.15, -0.1) is 0 Å². The SMILES string of the molecule is CNC(CO)CN1CCN(S(C)(=O)=O)CC1. The smallest absolute Gasteiger partial charge is 0.211 e. The second kappa shape index (κ2) is 5.92.